The average Bonchev–Trinajstić information content (AvgIpc) is 2.26. The molecule has 1 amide bonds. The van der Waals surface area contributed by atoms with E-state index >= 15 is 0 Å². The molecule has 0 saturated carbocycles. The maximum absolute atomic E-state index is 11.9. The molecule has 1 atom stereocenters. The summed E-state index contributed by atoms with van der Waals surface area (Å²) in [5, 5.41) is 11.7. The molecule has 1 aliphatic rings. The van der Waals surface area contributed by atoms with Gasteiger partial charge in [-0.3, -0.25) is 9.59 Å². The molecule has 0 aliphatic carbocycles. The zero-order chi connectivity index (χ0) is 12.6. The van der Waals surface area contributed by atoms with Gasteiger partial charge in [0.05, 0.1) is 17.8 Å². The molecule has 2 rings (SSSR count). The molecule has 1 unspecified atom stereocenters. The van der Waals surface area contributed by atoms with Crippen molar-refractivity contribution in [1.29, 1.82) is 0 Å². The number of nitrogens with zero attached hydrogens (tertiary/aromatic N) is 1. The van der Waals surface area contributed by atoms with E-state index in [4.69, 9.17) is 5.11 Å². The van der Waals surface area contributed by atoms with E-state index in [0.717, 1.165) is 15.8 Å². The lowest BCUT2D eigenvalue weighted by molar-refractivity contribution is -0.138. The number of nitrogens with one attached hydrogen (secondary N) is 1. The molecule has 17 heavy (non-hydrogen) atoms. The largest absolute Gasteiger partial charge is 0.481 e. The lowest BCUT2D eigenvalue weighted by Gasteiger charge is -2.32. The molecule has 0 aromatic heterocycles. The highest BCUT2D eigenvalue weighted by molar-refractivity contribution is 9.10. The lowest BCUT2D eigenvalue weighted by Crippen LogP contribution is -2.46. The number of carbonyl (C=O) groups excluding carboxylic acids is 1. The fourth-order valence-corrected chi connectivity index (χ4v) is 2.17. The predicted octanol–water partition coefficient (Wildman–Crippen LogP) is 1.68. The van der Waals surface area contributed by atoms with Crippen molar-refractivity contribution < 1.29 is 14.7 Å². The molecule has 1 aromatic rings. The van der Waals surface area contributed by atoms with E-state index in [0.29, 0.717) is 0 Å². The smallest absolute Gasteiger partial charge is 0.305 e. The molecular weight excluding hydrogens is 288 g/mol. The van der Waals surface area contributed by atoms with Crippen molar-refractivity contribution >= 4 is 39.2 Å². The first-order valence-corrected chi connectivity index (χ1v) is 5.84. The number of amides is 1. The quantitative estimate of drug-likeness (QED) is 0.871. The van der Waals surface area contributed by atoms with Gasteiger partial charge >= 0.3 is 5.97 Å². The molecule has 0 bridgehead atoms. The summed E-state index contributed by atoms with van der Waals surface area (Å²) in [6.07, 6.45) is -0.224. The Bertz CT molecular complexity index is 490. The fourth-order valence-electron chi connectivity index (χ4n) is 1.82. The summed E-state index contributed by atoms with van der Waals surface area (Å²) in [4.78, 5) is 24.1. The third kappa shape index (κ3) is 2.26. The number of benzene rings is 1. The maximum Gasteiger partial charge on any atom is 0.305 e. The maximum atomic E-state index is 11.9. The van der Waals surface area contributed by atoms with Gasteiger partial charge in [-0.05, 0) is 18.2 Å². The van der Waals surface area contributed by atoms with Crippen molar-refractivity contribution in [3.63, 3.8) is 0 Å². The van der Waals surface area contributed by atoms with E-state index in [1.807, 2.05) is 18.2 Å². The standard InChI is InChI=1S/C11H11BrN2O3/c1-14-9-4-6(12)2-3-7(9)13-8(11(14)17)5-10(15)16/h2-4,8,13H,5H2,1H3,(H,15,16). The molecule has 5 nitrogen and oxygen atoms in total. The van der Waals surface area contributed by atoms with Crippen molar-refractivity contribution in [3.8, 4) is 0 Å². The van der Waals surface area contributed by atoms with Gasteiger partial charge in [-0.15, -0.1) is 0 Å². The number of hydrogen-bond donors (Lipinski definition) is 2. The first kappa shape index (κ1) is 11.9. The second kappa shape index (κ2) is 4.37. The van der Waals surface area contributed by atoms with Crippen LogP contribution < -0.4 is 10.2 Å². The predicted molar refractivity (Wildman–Crippen MR) is 67.2 cm³/mol. The number of carboxylic acids is 1. The Labute approximate surface area is 107 Å². The van der Waals surface area contributed by atoms with Crippen molar-refractivity contribution in [2.45, 2.75) is 12.5 Å². The first-order chi connectivity index (χ1) is 7.99. The summed E-state index contributed by atoms with van der Waals surface area (Å²) in [5.74, 6) is -1.23. The Morgan fingerprint density at radius 1 is 1.59 bits per heavy atom. The highest BCUT2D eigenvalue weighted by atomic mass is 79.9. The number of rotatable bonds is 2. The molecule has 90 valence electrons. The number of aliphatic carboxylic acids is 1. The third-order valence-corrected chi connectivity index (χ3v) is 3.15. The molecule has 0 saturated heterocycles. The Balaban J connectivity index is 2.35. The monoisotopic (exact) mass is 298 g/mol. The van der Waals surface area contributed by atoms with Crippen LogP contribution in [0.5, 0.6) is 0 Å². The highest BCUT2D eigenvalue weighted by Crippen LogP contribution is 2.33. The molecule has 0 spiro atoms. The second-order valence-electron chi connectivity index (χ2n) is 3.85. The molecule has 2 N–H and O–H groups in total. The zero-order valence-corrected chi connectivity index (χ0v) is 10.7. The topological polar surface area (TPSA) is 69.6 Å². The van der Waals surface area contributed by atoms with Gasteiger partial charge in [-0.2, -0.15) is 0 Å². The summed E-state index contributed by atoms with van der Waals surface area (Å²) < 4.78 is 0.870. The molecule has 6 heteroatoms. The molecule has 0 fully saturated rings. The Morgan fingerprint density at radius 3 is 2.94 bits per heavy atom. The van der Waals surface area contributed by atoms with Gasteiger partial charge in [0.15, 0.2) is 0 Å². The highest BCUT2D eigenvalue weighted by Gasteiger charge is 2.31. The number of fused-ring (bicyclic) bond motifs is 1. The van der Waals surface area contributed by atoms with E-state index in [-0.39, 0.29) is 12.3 Å². The van der Waals surface area contributed by atoms with Crippen molar-refractivity contribution in [2.24, 2.45) is 0 Å². The molecule has 0 radical (unpaired) electrons. The van der Waals surface area contributed by atoms with E-state index in [2.05, 4.69) is 21.2 Å². The minimum atomic E-state index is -0.996. The van der Waals surface area contributed by atoms with Gasteiger partial charge in [-0.1, -0.05) is 15.9 Å². The van der Waals surface area contributed by atoms with Crippen LogP contribution in [0.15, 0.2) is 22.7 Å². The van der Waals surface area contributed by atoms with Crippen LogP contribution in [0.25, 0.3) is 0 Å². The lowest BCUT2D eigenvalue weighted by atomic mass is 10.1. The SMILES string of the molecule is CN1C(=O)C(CC(=O)O)Nc2ccc(Br)cc21. The van der Waals surface area contributed by atoms with Crippen molar-refractivity contribution in [3.05, 3.63) is 22.7 Å². The van der Waals surface area contributed by atoms with Crippen LogP contribution >= 0.6 is 15.9 Å². The van der Waals surface area contributed by atoms with Gasteiger partial charge in [0.1, 0.15) is 6.04 Å². The average molecular weight is 299 g/mol. The second-order valence-corrected chi connectivity index (χ2v) is 4.77. The number of carboxylic acid groups (broad SMARTS) is 1. The molecule has 1 aromatic carbocycles. The number of hydrogen-bond acceptors (Lipinski definition) is 3. The van der Waals surface area contributed by atoms with Crippen LogP contribution in [0, 0.1) is 0 Å². The Kier molecular flexibility index (Phi) is 3.06. The summed E-state index contributed by atoms with van der Waals surface area (Å²) >= 11 is 3.33. The number of halogens is 1. The Hall–Kier alpha value is -1.56. The zero-order valence-electron chi connectivity index (χ0n) is 9.11. The van der Waals surface area contributed by atoms with Gasteiger partial charge in [0.25, 0.3) is 0 Å². The van der Waals surface area contributed by atoms with E-state index < -0.39 is 12.0 Å². The summed E-state index contributed by atoms with van der Waals surface area (Å²) in [6, 6.07) is 4.77. The van der Waals surface area contributed by atoms with E-state index in [9.17, 15) is 9.59 Å². The van der Waals surface area contributed by atoms with Crippen LogP contribution in [-0.4, -0.2) is 30.1 Å². The van der Waals surface area contributed by atoms with Gasteiger partial charge < -0.3 is 15.3 Å². The van der Waals surface area contributed by atoms with Gasteiger partial charge in [0, 0.05) is 11.5 Å². The van der Waals surface area contributed by atoms with Crippen molar-refractivity contribution in [1.82, 2.24) is 0 Å². The van der Waals surface area contributed by atoms with E-state index in [1.54, 1.807) is 7.05 Å². The summed E-state index contributed by atoms with van der Waals surface area (Å²) in [6.45, 7) is 0. The molecule has 1 aliphatic heterocycles. The van der Waals surface area contributed by atoms with Crippen LogP contribution in [0.1, 0.15) is 6.42 Å². The molecular formula is C11H11BrN2O3. The van der Waals surface area contributed by atoms with Crippen LogP contribution in [0.2, 0.25) is 0 Å². The van der Waals surface area contributed by atoms with E-state index in [1.165, 1.54) is 4.90 Å². The minimum absolute atomic E-state index is 0.224. The summed E-state index contributed by atoms with van der Waals surface area (Å²) in [7, 11) is 1.64. The van der Waals surface area contributed by atoms with Gasteiger partial charge in [-0.25, -0.2) is 0 Å². The first-order valence-electron chi connectivity index (χ1n) is 5.04. The minimum Gasteiger partial charge on any atom is -0.481 e. The summed E-state index contributed by atoms with van der Waals surface area (Å²) in [5.41, 5.74) is 1.51. The third-order valence-electron chi connectivity index (χ3n) is 2.66. The fraction of sp³-hybridized carbons (Fsp3) is 0.273. The number of carbonyl (C=O) groups is 2. The van der Waals surface area contributed by atoms with Crippen LogP contribution in [-0.2, 0) is 9.59 Å². The number of anilines is 2. The number of likely N-dealkylation sites (N-methyl/N-ethyl adjacent to an activating group) is 1. The van der Waals surface area contributed by atoms with Crippen molar-refractivity contribution in [2.75, 3.05) is 17.3 Å². The van der Waals surface area contributed by atoms with Crippen LogP contribution in [0.4, 0.5) is 11.4 Å². The normalized spacial score (nSPS) is 18.6. The molecule has 1 heterocycles. The Morgan fingerprint density at radius 2 is 2.29 bits per heavy atom. The van der Waals surface area contributed by atoms with Gasteiger partial charge in [0.2, 0.25) is 5.91 Å². The van der Waals surface area contributed by atoms with Crippen LogP contribution in [0.3, 0.4) is 0 Å².